The number of benzene rings is 1. The van der Waals surface area contributed by atoms with Crippen LogP contribution in [-0.2, 0) is 14.3 Å². The van der Waals surface area contributed by atoms with Crippen molar-refractivity contribution in [2.75, 3.05) is 37.5 Å². The highest BCUT2D eigenvalue weighted by Gasteiger charge is 2.37. The first-order chi connectivity index (χ1) is 10.6. The van der Waals surface area contributed by atoms with Crippen molar-refractivity contribution in [2.24, 2.45) is 0 Å². The molecule has 2 aliphatic rings. The van der Waals surface area contributed by atoms with Crippen molar-refractivity contribution in [3.8, 4) is 0 Å². The Morgan fingerprint density at radius 3 is 2.91 bits per heavy atom. The highest BCUT2D eigenvalue weighted by molar-refractivity contribution is 8.00. The maximum atomic E-state index is 12.2. The van der Waals surface area contributed by atoms with Gasteiger partial charge in [0.25, 0.3) is 5.78 Å². The summed E-state index contributed by atoms with van der Waals surface area (Å²) in [4.78, 5) is 39.3. The van der Waals surface area contributed by atoms with Crippen LogP contribution < -0.4 is 4.90 Å². The van der Waals surface area contributed by atoms with Crippen molar-refractivity contribution in [2.45, 2.75) is 5.25 Å². The molecule has 1 amide bonds. The average molecular weight is 320 g/mol. The summed E-state index contributed by atoms with van der Waals surface area (Å²) in [5.41, 5.74) is 1.09. The standard InChI is InChI=1S/C15H16N2O4S/c1-21-15(20)12-8-16(6-7-22-12)9-17-11-5-3-2-4-10(11)13(18)14(17)19/h2-5,12H,6-9H2,1H3/t12-/m1/s1. The molecule has 3 rings (SSSR count). The van der Waals surface area contributed by atoms with E-state index in [1.54, 1.807) is 36.0 Å². The minimum Gasteiger partial charge on any atom is -0.468 e. The fourth-order valence-electron chi connectivity index (χ4n) is 2.69. The molecule has 7 heteroatoms. The van der Waals surface area contributed by atoms with Crippen LogP contribution in [0.2, 0.25) is 0 Å². The summed E-state index contributed by atoms with van der Waals surface area (Å²) < 4.78 is 4.78. The summed E-state index contributed by atoms with van der Waals surface area (Å²) in [5.74, 6) is -0.434. The van der Waals surface area contributed by atoms with Crippen LogP contribution in [0, 0.1) is 0 Å². The van der Waals surface area contributed by atoms with Gasteiger partial charge in [0.15, 0.2) is 0 Å². The molecule has 1 atom stereocenters. The van der Waals surface area contributed by atoms with E-state index in [0.717, 1.165) is 12.3 Å². The summed E-state index contributed by atoms with van der Waals surface area (Å²) in [6.45, 7) is 1.59. The third-order valence-electron chi connectivity index (χ3n) is 3.83. The third-order valence-corrected chi connectivity index (χ3v) is 5.00. The van der Waals surface area contributed by atoms with Crippen LogP contribution in [0.3, 0.4) is 0 Å². The van der Waals surface area contributed by atoms with Crippen LogP contribution in [0.15, 0.2) is 24.3 Å². The highest BCUT2D eigenvalue weighted by Crippen LogP contribution is 2.29. The van der Waals surface area contributed by atoms with Gasteiger partial charge in [0.2, 0.25) is 0 Å². The van der Waals surface area contributed by atoms with E-state index in [1.165, 1.54) is 12.0 Å². The molecule has 0 aromatic heterocycles. The van der Waals surface area contributed by atoms with E-state index in [0.29, 0.717) is 24.5 Å². The molecule has 0 bridgehead atoms. The third kappa shape index (κ3) is 2.62. The van der Waals surface area contributed by atoms with Crippen molar-refractivity contribution >= 4 is 35.1 Å². The Labute approximate surface area is 132 Å². The molecule has 0 saturated carbocycles. The number of nitrogens with zero attached hydrogens (tertiary/aromatic N) is 2. The Morgan fingerprint density at radius 2 is 2.14 bits per heavy atom. The van der Waals surface area contributed by atoms with Crippen molar-refractivity contribution < 1.29 is 19.1 Å². The summed E-state index contributed by atoms with van der Waals surface area (Å²) in [7, 11) is 1.38. The van der Waals surface area contributed by atoms with Gasteiger partial charge in [-0.2, -0.15) is 0 Å². The molecule has 2 heterocycles. The molecule has 1 aromatic carbocycles. The molecule has 0 spiro atoms. The van der Waals surface area contributed by atoms with Gasteiger partial charge in [-0.15, -0.1) is 11.8 Å². The molecule has 0 aliphatic carbocycles. The average Bonchev–Trinajstić information content (AvgIpc) is 2.80. The van der Waals surface area contributed by atoms with Gasteiger partial charge in [-0.3, -0.25) is 24.2 Å². The number of methoxy groups -OCH3 is 1. The second kappa shape index (κ2) is 6.10. The lowest BCUT2D eigenvalue weighted by Gasteiger charge is -2.33. The van der Waals surface area contributed by atoms with Gasteiger partial charge in [0.05, 0.1) is 25.0 Å². The summed E-state index contributed by atoms with van der Waals surface area (Å²) in [6.07, 6.45) is 0. The number of para-hydroxylation sites is 1. The van der Waals surface area contributed by atoms with Gasteiger partial charge in [-0.05, 0) is 12.1 Å². The molecule has 0 unspecified atom stereocenters. The van der Waals surface area contributed by atoms with E-state index < -0.39 is 11.7 Å². The summed E-state index contributed by atoms with van der Waals surface area (Å²) >= 11 is 1.56. The fourth-order valence-corrected chi connectivity index (χ4v) is 3.89. The van der Waals surface area contributed by atoms with E-state index >= 15 is 0 Å². The minimum atomic E-state index is -0.506. The highest BCUT2D eigenvalue weighted by atomic mass is 32.2. The van der Waals surface area contributed by atoms with Crippen LogP contribution in [-0.4, -0.2) is 60.4 Å². The van der Waals surface area contributed by atoms with Crippen LogP contribution >= 0.6 is 11.8 Å². The Kier molecular flexibility index (Phi) is 4.17. The molecule has 22 heavy (non-hydrogen) atoms. The molecule has 1 fully saturated rings. The maximum Gasteiger partial charge on any atom is 0.320 e. The zero-order valence-corrected chi connectivity index (χ0v) is 13.0. The predicted molar refractivity (Wildman–Crippen MR) is 83.0 cm³/mol. The first kappa shape index (κ1) is 15.1. The second-order valence-corrected chi connectivity index (χ2v) is 6.49. The van der Waals surface area contributed by atoms with Gasteiger partial charge in [0, 0.05) is 18.8 Å². The largest absolute Gasteiger partial charge is 0.468 e. The molecule has 116 valence electrons. The molecule has 2 aliphatic heterocycles. The van der Waals surface area contributed by atoms with Gasteiger partial charge >= 0.3 is 11.9 Å². The Balaban J connectivity index is 1.75. The molecular formula is C15H16N2O4S. The van der Waals surface area contributed by atoms with Crippen molar-refractivity contribution in [3.63, 3.8) is 0 Å². The quantitative estimate of drug-likeness (QED) is 0.605. The lowest BCUT2D eigenvalue weighted by molar-refractivity contribution is -0.140. The normalized spacial score (nSPS) is 21.9. The number of hydrogen-bond acceptors (Lipinski definition) is 6. The topological polar surface area (TPSA) is 66.9 Å². The lowest BCUT2D eigenvalue weighted by Crippen LogP contribution is -2.48. The monoisotopic (exact) mass is 320 g/mol. The minimum absolute atomic E-state index is 0.248. The maximum absolute atomic E-state index is 12.2. The van der Waals surface area contributed by atoms with Crippen molar-refractivity contribution in [1.29, 1.82) is 0 Å². The number of rotatable bonds is 3. The molecule has 0 radical (unpaired) electrons. The number of thioether (sulfide) groups is 1. The predicted octanol–water partition coefficient (Wildman–Crippen LogP) is 0.764. The number of anilines is 1. The van der Waals surface area contributed by atoms with Crippen LogP contribution in [0.1, 0.15) is 10.4 Å². The number of carbonyl (C=O) groups is 3. The number of carbonyl (C=O) groups excluding carboxylic acids is 3. The molecule has 0 N–H and O–H groups in total. The van der Waals surface area contributed by atoms with E-state index in [-0.39, 0.29) is 11.2 Å². The van der Waals surface area contributed by atoms with Gasteiger partial charge in [-0.25, -0.2) is 0 Å². The van der Waals surface area contributed by atoms with Crippen molar-refractivity contribution in [1.82, 2.24) is 4.90 Å². The van der Waals surface area contributed by atoms with Crippen molar-refractivity contribution in [3.05, 3.63) is 29.8 Å². The van der Waals surface area contributed by atoms with E-state index in [4.69, 9.17) is 4.74 Å². The number of Topliss-reactive ketones (excluding diaryl/α,β-unsaturated/α-hetero) is 1. The second-order valence-electron chi connectivity index (χ2n) is 5.18. The number of esters is 1. The Morgan fingerprint density at radius 1 is 1.36 bits per heavy atom. The fraction of sp³-hybridized carbons (Fsp3) is 0.400. The SMILES string of the molecule is COC(=O)[C@H]1CN(CN2C(=O)C(=O)c3ccccc32)CCS1. The smallest absolute Gasteiger partial charge is 0.320 e. The molecule has 1 aromatic rings. The summed E-state index contributed by atoms with van der Waals surface area (Å²) in [5, 5.41) is -0.248. The number of hydrogen-bond donors (Lipinski definition) is 0. The zero-order valence-electron chi connectivity index (χ0n) is 12.2. The first-order valence-corrected chi connectivity index (χ1v) is 8.03. The van der Waals surface area contributed by atoms with Gasteiger partial charge in [-0.1, -0.05) is 12.1 Å². The van der Waals surface area contributed by atoms with E-state index in [2.05, 4.69) is 0 Å². The number of amides is 1. The van der Waals surface area contributed by atoms with E-state index in [9.17, 15) is 14.4 Å². The van der Waals surface area contributed by atoms with Crippen LogP contribution in [0.25, 0.3) is 0 Å². The number of fused-ring (bicyclic) bond motifs is 1. The molecule has 6 nitrogen and oxygen atoms in total. The molecular weight excluding hydrogens is 304 g/mol. The zero-order chi connectivity index (χ0) is 15.7. The number of ether oxygens (including phenoxy) is 1. The van der Waals surface area contributed by atoms with E-state index in [1.807, 2.05) is 4.90 Å². The Hall–Kier alpha value is -1.86. The van der Waals surface area contributed by atoms with Gasteiger partial charge in [0.1, 0.15) is 5.25 Å². The summed E-state index contributed by atoms with van der Waals surface area (Å²) in [6, 6.07) is 6.99. The van der Waals surface area contributed by atoms with Crippen LogP contribution in [0.4, 0.5) is 5.69 Å². The lowest BCUT2D eigenvalue weighted by atomic mass is 10.1. The molecule has 1 saturated heterocycles. The Bertz CT molecular complexity index is 634. The number of ketones is 1. The van der Waals surface area contributed by atoms with Gasteiger partial charge < -0.3 is 4.74 Å². The first-order valence-electron chi connectivity index (χ1n) is 6.99. The van der Waals surface area contributed by atoms with Crippen LogP contribution in [0.5, 0.6) is 0 Å².